The van der Waals surface area contributed by atoms with Gasteiger partial charge < -0.3 is 5.32 Å². The van der Waals surface area contributed by atoms with Gasteiger partial charge in [0.05, 0.1) is 21.4 Å². The topological polar surface area (TPSA) is 29.9 Å². The van der Waals surface area contributed by atoms with Gasteiger partial charge in [0.25, 0.3) is 0 Å². The second-order valence-corrected chi connectivity index (χ2v) is 5.17. The zero-order valence-electron chi connectivity index (χ0n) is 9.97. The number of aryl methyl sites for hydroxylation is 2. The average Bonchev–Trinajstić information content (AvgIpc) is 2.63. The van der Waals surface area contributed by atoms with Gasteiger partial charge in [0.15, 0.2) is 0 Å². The van der Waals surface area contributed by atoms with Crippen molar-refractivity contribution in [3.8, 4) is 0 Å². The largest absolute Gasteiger partial charge is 0.378 e. The molecule has 0 unspecified atom stereocenters. The van der Waals surface area contributed by atoms with Gasteiger partial charge in [0.2, 0.25) is 0 Å². The summed E-state index contributed by atoms with van der Waals surface area (Å²) in [5, 5.41) is 9.08. The minimum absolute atomic E-state index is 0.484. The molecule has 0 fully saturated rings. The number of hydrogen-bond acceptors (Lipinski definition) is 2. The summed E-state index contributed by atoms with van der Waals surface area (Å²) in [5.41, 5.74) is 2.66. The standard InChI is InChI=1S/C12H12Cl3N3/c1-7-11(6-18(2)17-7)16-5-8-9(13)3-4-10(14)12(8)15/h3-4,6,16H,5H2,1-2H3. The molecular weight excluding hydrogens is 293 g/mol. The molecule has 0 amide bonds. The second kappa shape index (κ2) is 5.39. The Bertz CT molecular complexity index is 578. The van der Waals surface area contributed by atoms with Gasteiger partial charge in [-0.1, -0.05) is 34.8 Å². The number of rotatable bonds is 3. The van der Waals surface area contributed by atoms with Crippen molar-refractivity contribution in [3.05, 3.63) is 44.7 Å². The number of nitrogens with zero attached hydrogens (tertiary/aromatic N) is 2. The van der Waals surface area contributed by atoms with E-state index in [0.29, 0.717) is 21.6 Å². The third kappa shape index (κ3) is 2.74. The van der Waals surface area contributed by atoms with E-state index in [2.05, 4.69) is 10.4 Å². The molecule has 2 rings (SSSR count). The summed E-state index contributed by atoms with van der Waals surface area (Å²) in [6, 6.07) is 3.42. The molecule has 0 bridgehead atoms. The summed E-state index contributed by atoms with van der Waals surface area (Å²) >= 11 is 18.2. The van der Waals surface area contributed by atoms with E-state index in [0.717, 1.165) is 16.9 Å². The van der Waals surface area contributed by atoms with Crippen molar-refractivity contribution in [2.45, 2.75) is 13.5 Å². The van der Waals surface area contributed by atoms with Crippen LogP contribution in [-0.4, -0.2) is 9.78 Å². The van der Waals surface area contributed by atoms with Gasteiger partial charge in [-0.2, -0.15) is 5.10 Å². The first-order chi connectivity index (χ1) is 8.49. The molecule has 0 radical (unpaired) electrons. The molecule has 2 aromatic rings. The number of hydrogen-bond donors (Lipinski definition) is 1. The van der Waals surface area contributed by atoms with Crippen molar-refractivity contribution in [2.24, 2.45) is 7.05 Å². The Balaban J connectivity index is 2.20. The lowest BCUT2D eigenvalue weighted by molar-refractivity contribution is 0.756. The van der Waals surface area contributed by atoms with E-state index in [1.165, 1.54) is 0 Å². The van der Waals surface area contributed by atoms with Crippen molar-refractivity contribution in [1.29, 1.82) is 0 Å². The van der Waals surface area contributed by atoms with E-state index in [1.807, 2.05) is 20.2 Å². The van der Waals surface area contributed by atoms with E-state index in [-0.39, 0.29) is 0 Å². The number of benzene rings is 1. The fourth-order valence-corrected chi connectivity index (χ4v) is 2.37. The van der Waals surface area contributed by atoms with Crippen LogP contribution in [0.15, 0.2) is 18.3 Å². The van der Waals surface area contributed by atoms with Crippen LogP contribution in [0.25, 0.3) is 0 Å². The van der Waals surface area contributed by atoms with Crippen LogP contribution in [0, 0.1) is 6.92 Å². The Morgan fingerprint density at radius 1 is 1.22 bits per heavy atom. The number of aromatic nitrogens is 2. The van der Waals surface area contributed by atoms with Crippen LogP contribution in [0.5, 0.6) is 0 Å². The zero-order valence-corrected chi connectivity index (χ0v) is 12.2. The quantitative estimate of drug-likeness (QED) is 0.857. The Morgan fingerprint density at radius 3 is 2.50 bits per heavy atom. The molecule has 0 aliphatic rings. The highest BCUT2D eigenvalue weighted by molar-refractivity contribution is 6.44. The highest BCUT2D eigenvalue weighted by Crippen LogP contribution is 2.32. The van der Waals surface area contributed by atoms with Gasteiger partial charge in [0, 0.05) is 30.4 Å². The van der Waals surface area contributed by atoms with E-state index < -0.39 is 0 Å². The van der Waals surface area contributed by atoms with Crippen molar-refractivity contribution < 1.29 is 0 Å². The molecule has 1 aromatic carbocycles. The van der Waals surface area contributed by atoms with Gasteiger partial charge in [-0.05, 0) is 19.1 Å². The molecule has 0 aliphatic heterocycles. The van der Waals surface area contributed by atoms with Crippen LogP contribution < -0.4 is 5.32 Å². The summed E-state index contributed by atoms with van der Waals surface area (Å²) in [4.78, 5) is 0. The first-order valence-corrected chi connectivity index (χ1v) is 6.49. The van der Waals surface area contributed by atoms with Crippen molar-refractivity contribution in [3.63, 3.8) is 0 Å². The first-order valence-electron chi connectivity index (χ1n) is 5.35. The maximum atomic E-state index is 6.13. The van der Waals surface area contributed by atoms with Crippen LogP contribution >= 0.6 is 34.8 Å². The lowest BCUT2D eigenvalue weighted by Crippen LogP contribution is -2.01. The molecular formula is C12H12Cl3N3. The molecule has 1 aromatic heterocycles. The smallest absolute Gasteiger partial charge is 0.0825 e. The normalized spacial score (nSPS) is 10.7. The van der Waals surface area contributed by atoms with Gasteiger partial charge >= 0.3 is 0 Å². The van der Waals surface area contributed by atoms with Crippen LogP contribution in [0.2, 0.25) is 15.1 Å². The second-order valence-electron chi connectivity index (χ2n) is 3.98. The van der Waals surface area contributed by atoms with Crippen molar-refractivity contribution in [1.82, 2.24) is 9.78 Å². The Hall–Kier alpha value is -0.900. The predicted octanol–water partition coefficient (Wildman–Crippen LogP) is 4.30. The lowest BCUT2D eigenvalue weighted by atomic mass is 10.2. The molecule has 0 atom stereocenters. The van der Waals surface area contributed by atoms with Crippen molar-refractivity contribution >= 4 is 40.5 Å². The van der Waals surface area contributed by atoms with Crippen LogP contribution in [-0.2, 0) is 13.6 Å². The first kappa shape index (κ1) is 13.5. The number of halogens is 3. The third-order valence-electron chi connectivity index (χ3n) is 2.61. The molecule has 0 spiro atoms. The Labute approximate surface area is 121 Å². The molecule has 96 valence electrons. The minimum atomic E-state index is 0.484. The van der Waals surface area contributed by atoms with Gasteiger partial charge in [-0.25, -0.2) is 0 Å². The van der Waals surface area contributed by atoms with E-state index in [9.17, 15) is 0 Å². The fourth-order valence-electron chi connectivity index (χ4n) is 1.69. The van der Waals surface area contributed by atoms with Crippen molar-refractivity contribution in [2.75, 3.05) is 5.32 Å². The number of nitrogens with one attached hydrogen (secondary N) is 1. The van der Waals surface area contributed by atoms with E-state index in [4.69, 9.17) is 34.8 Å². The van der Waals surface area contributed by atoms with Gasteiger partial charge in [-0.3, -0.25) is 4.68 Å². The van der Waals surface area contributed by atoms with Crippen LogP contribution in [0.1, 0.15) is 11.3 Å². The van der Waals surface area contributed by atoms with E-state index >= 15 is 0 Å². The summed E-state index contributed by atoms with van der Waals surface area (Å²) in [5.74, 6) is 0. The molecule has 0 saturated heterocycles. The average molecular weight is 305 g/mol. The zero-order chi connectivity index (χ0) is 13.3. The molecule has 1 N–H and O–H groups in total. The summed E-state index contributed by atoms with van der Waals surface area (Å²) in [7, 11) is 1.87. The summed E-state index contributed by atoms with van der Waals surface area (Å²) < 4.78 is 1.75. The maximum absolute atomic E-state index is 6.13. The van der Waals surface area contributed by atoms with Gasteiger partial charge in [0.1, 0.15) is 0 Å². The fraction of sp³-hybridized carbons (Fsp3) is 0.250. The highest BCUT2D eigenvalue weighted by Gasteiger charge is 2.10. The molecule has 3 nitrogen and oxygen atoms in total. The minimum Gasteiger partial charge on any atom is -0.378 e. The van der Waals surface area contributed by atoms with Crippen LogP contribution in [0.3, 0.4) is 0 Å². The maximum Gasteiger partial charge on any atom is 0.0825 e. The monoisotopic (exact) mass is 303 g/mol. The van der Waals surface area contributed by atoms with E-state index in [1.54, 1.807) is 16.8 Å². The molecule has 0 aliphatic carbocycles. The Morgan fingerprint density at radius 2 is 1.89 bits per heavy atom. The molecule has 6 heteroatoms. The predicted molar refractivity (Wildman–Crippen MR) is 76.7 cm³/mol. The lowest BCUT2D eigenvalue weighted by Gasteiger charge is -2.10. The summed E-state index contributed by atoms with van der Waals surface area (Å²) in [6.07, 6.45) is 1.90. The Kier molecular flexibility index (Phi) is 4.05. The highest BCUT2D eigenvalue weighted by atomic mass is 35.5. The van der Waals surface area contributed by atoms with Crippen LogP contribution in [0.4, 0.5) is 5.69 Å². The number of anilines is 1. The molecule has 0 saturated carbocycles. The SMILES string of the molecule is Cc1nn(C)cc1NCc1c(Cl)ccc(Cl)c1Cl. The van der Waals surface area contributed by atoms with Gasteiger partial charge in [-0.15, -0.1) is 0 Å². The third-order valence-corrected chi connectivity index (χ3v) is 3.81. The molecule has 18 heavy (non-hydrogen) atoms. The molecule has 1 heterocycles. The summed E-state index contributed by atoms with van der Waals surface area (Å²) in [6.45, 7) is 2.44.